The van der Waals surface area contributed by atoms with E-state index in [2.05, 4.69) is 65.2 Å². The summed E-state index contributed by atoms with van der Waals surface area (Å²) >= 11 is 2.30. The van der Waals surface area contributed by atoms with Crippen LogP contribution in [0.5, 0.6) is 11.5 Å². The second-order valence-corrected chi connectivity index (χ2v) is 6.57. The van der Waals surface area contributed by atoms with Gasteiger partial charge in [-0.25, -0.2) is 0 Å². The van der Waals surface area contributed by atoms with Crippen LogP contribution in [0.15, 0.2) is 42.5 Å². The Bertz CT molecular complexity index is 608. The molecule has 0 saturated heterocycles. The molecule has 2 aromatic rings. The molecule has 2 nitrogen and oxygen atoms in total. The number of rotatable bonds is 5. The molecular weight excluding hydrogens is 361 g/mol. The third-order valence-corrected chi connectivity index (χ3v) is 4.07. The van der Waals surface area contributed by atoms with Crippen LogP contribution in [0.3, 0.4) is 0 Å². The zero-order valence-corrected chi connectivity index (χ0v) is 13.7. The largest absolute Gasteiger partial charge is 0.457 e. The Morgan fingerprint density at radius 3 is 2.80 bits per heavy atom. The van der Waals surface area contributed by atoms with E-state index >= 15 is 0 Å². The van der Waals surface area contributed by atoms with Crippen molar-refractivity contribution >= 4 is 22.6 Å². The van der Waals surface area contributed by atoms with Gasteiger partial charge in [0.05, 0.1) is 0 Å². The van der Waals surface area contributed by atoms with Gasteiger partial charge >= 0.3 is 0 Å². The van der Waals surface area contributed by atoms with Crippen LogP contribution < -0.4 is 10.1 Å². The standard InChI is InChI=1S/C17H18INO/c1-12-5-8-17(13(9-12)11-19-15-6-7-15)20-16-4-2-3-14(18)10-16/h2-5,8-10,15,19H,6-7,11H2,1H3. The monoisotopic (exact) mass is 379 g/mol. The van der Waals surface area contributed by atoms with Crippen molar-refractivity contribution in [2.45, 2.75) is 32.4 Å². The molecule has 0 aliphatic heterocycles. The van der Waals surface area contributed by atoms with Crippen LogP contribution in [0.1, 0.15) is 24.0 Å². The highest BCUT2D eigenvalue weighted by Crippen LogP contribution is 2.28. The first-order valence-corrected chi connectivity index (χ1v) is 8.05. The Hall–Kier alpha value is -1.07. The van der Waals surface area contributed by atoms with Crippen LogP contribution in [-0.4, -0.2) is 6.04 Å². The molecule has 0 aromatic heterocycles. The molecule has 1 N–H and O–H groups in total. The summed E-state index contributed by atoms with van der Waals surface area (Å²) in [7, 11) is 0. The molecule has 0 unspecified atom stereocenters. The second-order valence-electron chi connectivity index (χ2n) is 5.33. The molecule has 1 fully saturated rings. The van der Waals surface area contributed by atoms with E-state index in [0.717, 1.165) is 18.0 Å². The quantitative estimate of drug-likeness (QED) is 0.764. The van der Waals surface area contributed by atoms with Crippen LogP contribution in [0.2, 0.25) is 0 Å². The summed E-state index contributed by atoms with van der Waals surface area (Å²) in [6.07, 6.45) is 2.61. The van der Waals surface area contributed by atoms with E-state index in [1.807, 2.05) is 12.1 Å². The van der Waals surface area contributed by atoms with E-state index in [0.29, 0.717) is 6.04 Å². The number of ether oxygens (including phenoxy) is 1. The second kappa shape index (κ2) is 6.14. The van der Waals surface area contributed by atoms with Crippen LogP contribution in [0, 0.1) is 10.5 Å². The lowest BCUT2D eigenvalue weighted by Crippen LogP contribution is -2.15. The van der Waals surface area contributed by atoms with E-state index in [9.17, 15) is 0 Å². The molecule has 0 atom stereocenters. The maximum absolute atomic E-state index is 6.05. The SMILES string of the molecule is Cc1ccc(Oc2cccc(I)c2)c(CNC2CC2)c1. The van der Waals surface area contributed by atoms with Crippen molar-refractivity contribution in [2.75, 3.05) is 0 Å². The minimum absolute atomic E-state index is 0.709. The lowest BCUT2D eigenvalue weighted by molar-refractivity contribution is 0.472. The number of hydrogen-bond donors (Lipinski definition) is 1. The van der Waals surface area contributed by atoms with Crippen LogP contribution in [0.4, 0.5) is 0 Å². The molecule has 0 amide bonds. The Morgan fingerprint density at radius 2 is 2.05 bits per heavy atom. The van der Waals surface area contributed by atoms with E-state index < -0.39 is 0 Å². The van der Waals surface area contributed by atoms with Gasteiger partial charge in [0, 0.05) is 21.7 Å². The summed E-state index contributed by atoms with van der Waals surface area (Å²) in [6, 6.07) is 15.2. The van der Waals surface area contributed by atoms with Crippen molar-refractivity contribution in [3.05, 3.63) is 57.2 Å². The Kier molecular flexibility index (Phi) is 4.27. The van der Waals surface area contributed by atoms with E-state index in [4.69, 9.17) is 4.74 Å². The van der Waals surface area contributed by atoms with Crippen LogP contribution in [0.25, 0.3) is 0 Å². The zero-order chi connectivity index (χ0) is 13.9. The molecule has 20 heavy (non-hydrogen) atoms. The van der Waals surface area contributed by atoms with Gasteiger partial charge in [0.2, 0.25) is 0 Å². The fraction of sp³-hybridized carbons (Fsp3) is 0.294. The fourth-order valence-electron chi connectivity index (χ4n) is 2.15. The Balaban J connectivity index is 1.79. The van der Waals surface area contributed by atoms with Gasteiger partial charge < -0.3 is 10.1 Å². The molecule has 3 heteroatoms. The van der Waals surface area contributed by atoms with Crippen molar-refractivity contribution in [2.24, 2.45) is 0 Å². The third kappa shape index (κ3) is 3.73. The predicted molar refractivity (Wildman–Crippen MR) is 90.3 cm³/mol. The highest BCUT2D eigenvalue weighted by atomic mass is 127. The molecule has 1 aliphatic carbocycles. The maximum Gasteiger partial charge on any atom is 0.131 e. The van der Waals surface area contributed by atoms with Crippen molar-refractivity contribution < 1.29 is 4.74 Å². The van der Waals surface area contributed by atoms with Gasteiger partial charge in [-0.15, -0.1) is 0 Å². The van der Waals surface area contributed by atoms with E-state index in [1.54, 1.807) is 0 Å². The van der Waals surface area contributed by atoms with Gasteiger partial charge in [-0.2, -0.15) is 0 Å². The summed E-state index contributed by atoms with van der Waals surface area (Å²) in [5.41, 5.74) is 2.50. The molecule has 1 aliphatic rings. The molecule has 0 radical (unpaired) electrons. The van der Waals surface area contributed by atoms with Gasteiger partial charge in [-0.1, -0.05) is 23.8 Å². The Labute approximate surface area is 133 Å². The molecule has 104 valence electrons. The average molecular weight is 379 g/mol. The lowest BCUT2D eigenvalue weighted by atomic mass is 10.1. The predicted octanol–water partition coefficient (Wildman–Crippen LogP) is 4.64. The van der Waals surface area contributed by atoms with Gasteiger partial charge in [-0.05, 0) is 66.6 Å². The van der Waals surface area contributed by atoms with Gasteiger partial charge in [0.15, 0.2) is 0 Å². The normalized spacial score (nSPS) is 14.3. The first kappa shape index (κ1) is 13.9. The van der Waals surface area contributed by atoms with Crippen LogP contribution in [-0.2, 0) is 6.54 Å². The number of hydrogen-bond acceptors (Lipinski definition) is 2. The maximum atomic E-state index is 6.05. The van der Waals surface area contributed by atoms with Crippen molar-refractivity contribution in [1.29, 1.82) is 0 Å². The minimum atomic E-state index is 0.709. The highest BCUT2D eigenvalue weighted by Gasteiger charge is 2.20. The number of halogens is 1. The van der Waals surface area contributed by atoms with E-state index in [-0.39, 0.29) is 0 Å². The average Bonchev–Trinajstić information content (AvgIpc) is 3.23. The summed E-state index contributed by atoms with van der Waals surface area (Å²) in [6.45, 7) is 3.00. The van der Waals surface area contributed by atoms with Gasteiger partial charge in [0.1, 0.15) is 11.5 Å². The van der Waals surface area contributed by atoms with Crippen molar-refractivity contribution in [1.82, 2.24) is 5.32 Å². The first-order chi connectivity index (χ1) is 9.70. The topological polar surface area (TPSA) is 21.3 Å². The highest BCUT2D eigenvalue weighted by molar-refractivity contribution is 14.1. The smallest absolute Gasteiger partial charge is 0.131 e. The molecule has 0 spiro atoms. The van der Waals surface area contributed by atoms with Crippen LogP contribution >= 0.6 is 22.6 Å². The Morgan fingerprint density at radius 1 is 1.20 bits per heavy atom. The number of benzene rings is 2. The van der Waals surface area contributed by atoms with Gasteiger partial charge in [0.25, 0.3) is 0 Å². The van der Waals surface area contributed by atoms with Crippen molar-refractivity contribution in [3.8, 4) is 11.5 Å². The molecule has 3 rings (SSSR count). The number of nitrogens with one attached hydrogen (secondary N) is 1. The molecular formula is C17H18INO. The van der Waals surface area contributed by atoms with Gasteiger partial charge in [-0.3, -0.25) is 0 Å². The summed E-state index contributed by atoms with van der Waals surface area (Å²) in [5, 5.41) is 3.56. The summed E-state index contributed by atoms with van der Waals surface area (Å²) in [5.74, 6) is 1.85. The molecule has 1 saturated carbocycles. The molecule has 2 aromatic carbocycles. The fourth-order valence-corrected chi connectivity index (χ4v) is 2.66. The molecule has 0 heterocycles. The zero-order valence-electron chi connectivity index (χ0n) is 11.5. The number of aryl methyl sites for hydroxylation is 1. The molecule has 0 bridgehead atoms. The van der Waals surface area contributed by atoms with Crippen molar-refractivity contribution in [3.63, 3.8) is 0 Å². The minimum Gasteiger partial charge on any atom is -0.457 e. The third-order valence-electron chi connectivity index (χ3n) is 3.40. The first-order valence-electron chi connectivity index (χ1n) is 6.97. The van der Waals surface area contributed by atoms with E-state index in [1.165, 1.54) is 27.5 Å². The summed E-state index contributed by atoms with van der Waals surface area (Å²) < 4.78 is 7.24. The lowest BCUT2D eigenvalue weighted by Gasteiger charge is -2.13. The summed E-state index contributed by atoms with van der Waals surface area (Å²) in [4.78, 5) is 0.